The highest BCUT2D eigenvalue weighted by Crippen LogP contribution is 2.09. The van der Waals surface area contributed by atoms with Gasteiger partial charge in [0.2, 0.25) is 0 Å². The number of benzene rings is 1. The summed E-state index contributed by atoms with van der Waals surface area (Å²) in [6, 6.07) is 9.61. The first kappa shape index (κ1) is 9.19. The van der Waals surface area contributed by atoms with Gasteiger partial charge in [-0.15, -0.1) is 0 Å². The summed E-state index contributed by atoms with van der Waals surface area (Å²) in [6.07, 6.45) is -0.397. The number of hydrogen-bond acceptors (Lipinski definition) is 3. The topological polar surface area (TPSA) is 44.5 Å². The lowest BCUT2D eigenvalue weighted by molar-refractivity contribution is -0.0710. The largest absolute Gasteiger partial charge is 0.359 e. The van der Waals surface area contributed by atoms with Crippen LogP contribution < -0.4 is 5.73 Å². The normalized spacial score (nSPS) is 12.8. The quantitative estimate of drug-likeness (QED) is 0.687. The van der Waals surface area contributed by atoms with Gasteiger partial charge < -0.3 is 15.2 Å². The van der Waals surface area contributed by atoms with E-state index in [0.717, 1.165) is 5.56 Å². The Morgan fingerprint density at radius 3 is 2.58 bits per heavy atom. The van der Waals surface area contributed by atoms with E-state index in [4.69, 9.17) is 15.2 Å². The maximum Gasteiger partial charge on any atom is 0.148 e. The molecule has 2 N–H and O–H groups in total. The van der Waals surface area contributed by atoms with Crippen LogP contribution in [0, 0.1) is 0 Å². The van der Waals surface area contributed by atoms with Gasteiger partial charge >= 0.3 is 0 Å². The van der Waals surface area contributed by atoms with Crippen LogP contribution in [0.2, 0.25) is 0 Å². The molecule has 0 aliphatic carbocycles. The first-order valence-corrected chi connectivity index (χ1v) is 3.75. The number of ether oxygens (including phenoxy) is 2. The molecule has 0 bridgehead atoms. The van der Waals surface area contributed by atoms with Crippen LogP contribution in [0.5, 0.6) is 0 Å². The van der Waals surface area contributed by atoms with Gasteiger partial charge in [-0.2, -0.15) is 0 Å². The van der Waals surface area contributed by atoms with Crippen molar-refractivity contribution in [2.45, 2.75) is 6.23 Å². The molecule has 0 fully saturated rings. The molecule has 0 aliphatic rings. The van der Waals surface area contributed by atoms with Gasteiger partial charge in [0, 0.05) is 7.11 Å². The minimum atomic E-state index is -0.397. The van der Waals surface area contributed by atoms with Crippen molar-refractivity contribution in [2.24, 2.45) is 5.73 Å². The number of nitrogens with two attached hydrogens (primary N) is 1. The van der Waals surface area contributed by atoms with Crippen LogP contribution in [0.3, 0.4) is 0 Å². The molecule has 1 atom stereocenters. The molecule has 3 nitrogen and oxygen atoms in total. The molecule has 1 aromatic carbocycles. The Morgan fingerprint density at radius 1 is 1.33 bits per heavy atom. The second kappa shape index (κ2) is 4.87. The number of rotatable bonds is 4. The molecule has 0 saturated carbocycles. The summed E-state index contributed by atoms with van der Waals surface area (Å²) in [6.45, 7) is 0.218. The van der Waals surface area contributed by atoms with Crippen molar-refractivity contribution in [2.75, 3.05) is 13.9 Å². The zero-order chi connectivity index (χ0) is 8.81. The van der Waals surface area contributed by atoms with E-state index < -0.39 is 6.23 Å². The van der Waals surface area contributed by atoms with E-state index in [9.17, 15) is 0 Å². The lowest BCUT2D eigenvalue weighted by Crippen LogP contribution is -2.15. The average molecular weight is 167 g/mol. The SMILES string of the molecule is COCOC(N)c1ccccc1. The maximum absolute atomic E-state index is 5.68. The fourth-order valence-electron chi connectivity index (χ4n) is 0.880. The van der Waals surface area contributed by atoms with Crippen LogP contribution in [0.25, 0.3) is 0 Å². The van der Waals surface area contributed by atoms with Crippen LogP contribution in [-0.4, -0.2) is 13.9 Å². The molecule has 12 heavy (non-hydrogen) atoms. The standard InChI is InChI=1S/C9H13NO2/c1-11-7-12-9(10)8-5-3-2-4-6-8/h2-6,9H,7,10H2,1H3. The molecule has 1 unspecified atom stereocenters. The van der Waals surface area contributed by atoms with Gasteiger partial charge in [0.25, 0.3) is 0 Å². The van der Waals surface area contributed by atoms with E-state index >= 15 is 0 Å². The third-order valence-corrected chi connectivity index (χ3v) is 1.49. The monoisotopic (exact) mass is 167 g/mol. The molecule has 3 heteroatoms. The molecule has 0 saturated heterocycles. The van der Waals surface area contributed by atoms with Crippen LogP contribution in [-0.2, 0) is 9.47 Å². The van der Waals surface area contributed by atoms with E-state index in [1.54, 1.807) is 7.11 Å². The van der Waals surface area contributed by atoms with Gasteiger partial charge in [0.05, 0.1) is 0 Å². The lowest BCUT2D eigenvalue weighted by atomic mass is 10.2. The predicted octanol–water partition coefficient (Wildman–Crippen LogP) is 1.26. The third kappa shape index (κ3) is 2.62. The molecule has 0 heterocycles. The van der Waals surface area contributed by atoms with E-state index in [2.05, 4.69) is 0 Å². The third-order valence-electron chi connectivity index (χ3n) is 1.49. The second-order valence-electron chi connectivity index (χ2n) is 2.40. The van der Waals surface area contributed by atoms with Crippen molar-refractivity contribution >= 4 is 0 Å². The van der Waals surface area contributed by atoms with Gasteiger partial charge in [-0.25, -0.2) is 0 Å². The first-order valence-electron chi connectivity index (χ1n) is 3.75. The minimum absolute atomic E-state index is 0.218. The number of methoxy groups -OCH3 is 1. The molecule has 0 amide bonds. The van der Waals surface area contributed by atoms with E-state index in [1.165, 1.54) is 0 Å². The smallest absolute Gasteiger partial charge is 0.148 e. The van der Waals surface area contributed by atoms with Crippen LogP contribution in [0.1, 0.15) is 11.8 Å². The molecule has 0 aliphatic heterocycles. The fourth-order valence-corrected chi connectivity index (χ4v) is 0.880. The molecular weight excluding hydrogens is 154 g/mol. The molecule has 66 valence electrons. The van der Waals surface area contributed by atoms with E-state index in [0.29, 0.717) is 0 Å². The molecule has 1 aromatic rings. The molecule has 0 radical (unpaired) electrons. The van der Waals surface area contributed by atoms with Gasteiger partial charge in [0.1, 0.15) is 13.0 Å². The average Bonchev–Trinajstić information content (AvgIpc) is 2.15. The summed E-state index contributed by atoms with van der Waals surface area (Å²) in [5.41, 5.74) is 6.63. The molecular formula is C9H13NO2. The highest BCUT2D eigenvalue weighted by molar-refractivity contribution is 5.16. The summed E-state index contributed by atoms with van der Waals surface area (Å²) in [5.74, 6) is 0. The Bertz CT molecular complexity index is 213. The minimum Gasteiger partial charge on any atom is -0.359 e. The molecule has 0 spiro atoms. The van der Waals surface area contributed by atoms with Crippen molar-refractivity contribution in [1.82, 2.24) is 0 Å². The van der Waals surface area contributed by atoms with Crippen molar-refractivity contribution in [3.05, 3.63) is 35.9 Å². The van der Waals surface area contributed by atoms with Gasteiger partial charge in [-0.1, -0.05) is 30.3 Å². The zero-order valence-corrected chi connectivity index (χ0v) is 7.07. The Hall–Kier alpha value is -0.900. The van der Waals surface area contributed by atoms with E-state index in [-0.39, 0.29) is 6.79 Å². The van der Waals surface area contributed by atoms with Crippen LogP contribution >= 0.6 is 0 Å². The Labute approximate surface area is 72.1 Å². The fraction of sp³-hybridized carbons (Fsp3) is 0.333. The summed E-state index contributed by atoms with van der Waals surface area (Å²) in [7, 11) is 1.57. The van der Waals surface area contributed by atoms with E-state index in [1.807, 2.05) is 30.3 Å². The lowest BCUT2D eigenvalue weighted by Gasteiger charge is -2.11. The Morgan fingerprint density at radius 2 is 2.00 bits per heavy atom. The van der Waals surface area contributed by atoms with Gasteiger partial charge in [-0.05, 0) is 5.56 Å². The maximum atomic E-state index is 5.68. The predicted molar refractivity (Wildman–Crippen MR) is 46.3 cm³/mol. The van der Waals surface area contributed by atoms with Crippen molar-refractivity contribution < 1.29 is 9.47 Å². The first-order chi connectivity index (χ1) is 5.84. The Kier molecular flexibility index (Phi) is 3.73. The highest BCUT2D eigenvalue weighted by Gasteiger charge is 2.03. The molecule has 1 rings (SSSR count). The van der Waals surface area contributed by atoms with Gasteiger partial charge in [-0.3, -0.25) is 0 Å². The summed E-state index contributed by atoms with van der Waals surface area (Å²) in [5, 5.41) is 0. The van der Waals surface area contributed by atoms with Crippen molar-refractivity contribution in [1.29, 1.82) is 0 Å². The van der Waals surface area contributed by atoms with Crippen molar-refractivity contribution in [3.8, 4) is 0 Å². The highest BCUT2D eigenvalue weighted by atomic mass is 16.7. The molecule has 0 aromatic heterocycles. The summed E-state index contributed by atoms with van der Waals surface area (Å²) in [4.78, 5) is 0. The second-order valence-corrected chi connectivity index (χ2v) is 2.40. The van der Waals surface area contributed by atoms with Crippen molar-refractivity contribution in [3.63, 3.8) is 0 Å². The summed E-state index contributed by atoms with van der Waals surface area (Å²) < 4.78 is 9.86. The zero-order valence-electron chi connectivity index (χ0n) is 7.07. The van der Waals surface area contributed by atoms with Crippen LogP contribution in [0.4, 0.5) is 0 Å². The van der Waals surface area contributed by atoms with Crippen LogP contribution in [0.15, 0.2) is 30.3 Å². The summed E-state index contributed by atoms with van der Waals surface area (Å²) >= 11 is 0. The Balaban J connectivity index is 2.48. The number of hydrogen-bond donors (Lipinski definition) is 1. The van der Waals surface area contributed by atoms with Gasteiger partial charge in [0.15, 0.2) is 0 Å².